The van der Waals surface area contributed by atoms with Gasteiger partial charge in [0.05, 0.1) is 22.4 Å². The predicted octanol–water partition coefficient (Wildman–Crippen LogP) is 4.98. The molecule has 0 unspecified atom stereocenters. The number of rotatable bonds is 8. The highest BCUT2D eigenvalue weighted by atomic mass is 16.2. The molecule has 4 aromatic rings. The van der Waals surface area contributed by atoms with Crippen LogP contribution in [0.4, 0.5) is 5.95 Å². The van der Waals surface area contributed by atoms with E-state index >= 15 is 0 Å². The molecule has 0 atom stereocenters. The molecule has 1 amide bonds. The topological polar surface area (TPSA) is 96.7 Å². The Morgan fingerprint density at radius 2 is 1.80 bits per heavy atom. The molecule has 0 saturated heterocycles. The number of hydrogen-bond donors (Lipinski definition) is 3. The number of anilines is 1. The molecule has 0 saturated carbocycles. The molecular formula is C27H34N6O2. The normalized spacial score (nSPS) is 11.5. The lowest BCUT2D eigenvalue weighted by molar-refractivity contribution is -0.116. The van der Waals surface area contributed by atoms with Gasteiger partial charge in [0.2, 0.25) is 11.9 Å². The van der Waals surface area contributed by atoms with Crippen LogP contribution in [0.5, 0.6) is 0 Å². The molecule has 0 radical (unpaired) electrons. The van der Waals surface area contributed by atoms with Crippen molar-refractivity contribution in [1.82, 2.24) is 19.2 Å². The van der Waals surface area contributed by atoms with Gasteiger partial charge < -0.3 is 10.4 Å². The van der Waals surface area contributed by atoms with Crippen molar-refractivity contribution < 1.29 is 4.79 Å². The summed E-state index contributed by atoms with van der Waals surface area (Å²) in [5.74, 6) is 0.907. The highest BCUT2D eigenvalue weighted by Crippen LogP contribution is 2.33. The predicted molar refractivity (Wildman–Crippen MR) is 142 cm³/mol. The molecule has 35 heavy (non-hydrogen) atoms. The van der Waals surface area contributed by atoms with Crippen molar-refractivity contribution in [2.45, 2.75) is 47.6 Å². The van der Waals surface area contributed by atoms with Gasteiger partial charge in [0.15, 0.2) is 0 Å². The average Bonchev–Trinajstić information content (AvgIpc) is 3.31. The van der Waals surface area contributed by atoms with Crippen LogP contribution in [-0.4, -0.2) is 32.2 Å². The van der Waals surface area contributed by atoms with E-state index in [-0.39, 0.29) is 17.5 Å². The molecule has 4 rings (SSSR count). The first-order valence-electron chi connectivity index (χ1n) is 12.1. The van der Waals surface area contributed by atoms with Crippen LogP contribution in [0.2, 0.25) is 0 Å². The number of hydrogen-bond acceptors (Lipinski definition) is 4. The third kappa shape index (κ3) is 5.01. The summed E-state index contributed by atoms with van der Waals surface area (Å²) in [5, 5.41) is 2.91. The summed E-state index contributed by atoms with van der Waals surface area (Å²) in [7, 11) is 1.74. The van der Waals surface area contributed by atoms with Gasteiger partial charge in [-0.05, 0) is 37.0 Å². The van der Waals surface area contributed by atoms with E-state index in [9.17, 15) is 9.59 Å². The van der Waals surface area contributed by atoms with Gasteiger partial charge in [0, 0.05) is 31.1 Å². The monoisotopic (exact) mass is 474 g/mol. The lowest BCUT2D eigenvalue weighted by atomic mass is 10.0. The molecule has 184 valence electrons. The molecule has 0 aliphatic heterocycles. The summed E-state index contributed by atoms with van der Waals surface area (Å²) in [6.45, 7) is 10.9. The van der Waals surface area contributed by atoms with Crippen LogP contribution < -0.4 is 16.4 Å². The number of carbonyl (C=O) groups excluding carboxylic acids is 1. The Labute approximate surface area is 205 Å². The summed E-state index contributed by atoms with van der Waals surface area (Å²) in [5.41, 5.74) is 9.03. The van der Waals surface area contributed by atoms with Crippen LogP contribution in [0, 0.1) is 18.8 Å². The smallest absolute Gasteiger partial charge is 0.324 e. The van der Waals surface area contributed by atoms with E-state index in [1.807, 2.05) is 57.2 Å². The number of carbonyl (C=O) groups is 1. The Morgan fingerprint density at radius 1 is 1.03 bits per heavy atom. The molecule has 0 spiro atoms. The van der Waals surface area contributed by atoms with Gasteiger partial charge in [-0.25, -0.2) is 14.5 Å². The zero-order chi connectivity index (χ0) is 25.3. The molecule has 2 aromatic carbocycles. The van der Waals surface area contributed by atoms with Crippen molar-refractivity contribution in [2.75, 3.05) is 17.8 Å². The Balaban J connectivity index is 1.86. The Morgan fingerprint density at radius 3 is 2.46 bits per heavy atom. The summed E-state index contributed by atoms with van der Waals surface area (Å²) in [6, 6.07) is 14.1. The number of aryl methyl sites for hydroxylation is 1. The fourth-order valence-corrected chi connectivity index (χ4v) is 4.37. The molecule has 2 heterocycles. The fraction of sp³-hybridized carbons (Fsp3) is 0.370. The molecule has 8 nitrogen and oxygen atoms in total. The Kier molecular flexibility index (Phi) is 6.82. The Hall–Kier alpha value is -3.81. The minimum atomic E-state index is -0.0986. The standard InChI is InChI=1S/C27H34N6O2/c1-16(2)12-23(34)29-26-30-24(19-9-7-8-18(5)13-19)25(31-26)20-10-11-21-22(14-20)33(28-6)27(35)32(21)15-17(3)4/h7-11,13-14,16-17,28H,12,15H2,1-6H3,(H2,29,30,31,34). The fourth-order valence-electron chi connectivity index (χ4n) is 4.37. The maximum atomic E-state index is 13.0. The van der Waals surface area contributed by atoms with Gasteiger partial charge in [0.1, 0.15) is 0 Å². The van der Waals surface area contributed by atoms with Crippen molar-refractivity contribution >= 4 is 22.9 Å². The second-order valence-corrected chi connectivity index (χ2v) is 9.87. The molecule has 2 aromatic heterocycles. The molecule has 0 fully saturated rings. The number of fused-ring (bicyclic) bond motifs is 1. The third-order valence-electron chi connectivity index (χ3n) is 5.84. The van der Waals surface area contributed by atoms with Gasteiger partial charge in [-0.15, -0.1) is 0 Å². The van der Waals surface area contributed by atoms with Crippen molar-refractivity contribution in [3.63, 3.8) is 0 Å². The van der Waals surface area contributed by atoms with Gasteiger partial charge in [0.25, 0.3) is 0 Å². The van der Waals surface area contributed by atoms with E-state index in [0.29, 0.717) is 24.8 Å². The first kappa shape index (κ1) is 24.3. The van der Waals surface area contributed by atoms with Crippen molar-refractivity contribution in [3.8, 4) is 22.5 Å². The number of aromatic amines is 1. The van der Waals surface area contributed by atoms with Crippen LogP contribution in [0.15, 0.2) is 47.3 Å². The van der Waals surface area contributed by atoms with Crippen LogP contribution in [0.25, 0.3) is 33.5 Å². The van der Waals surface area contributed by atoms with Crippen LogP contribution in [0.1, 0.15) is 39.7 Å². The highest BCUT2D eigenvalue weighted by molar-refractivity contribution is 5.92. The molecule has 3 N–H and O–H groups in total. The number of nitrogens with zero attached hydrogens (tertiary/aromatic N) is 3. The number of imidazole rings is 2. The summed E-state index contributed by atoms with van der Waals surface area (Å²) < 4.78 is 3.36. The number of H-pyrrole nitrogens is 1. The zero-order valence-electron chi connectivity index (χ0n) is 21.3. The average molecular weight is 475 g/mol. The van der Waals surface area contributed by atoms with Gasteiger partial charge in [-0.1, -0.05) is 57.5 Å². The van der Waals surface area contributed by atoms with E-state index in [1.165, 1.54) is 0 Å². The first-order valence-corrected chi connectivity index (χ1v) is 12.1. The van der Waals surface area contributed by atoms with E-state index < -0.39 is 0 Å². The number of amides is 1. The van der Waals surface area contributed by atoms with Crippen molar-refractivity contribution in [1.29, 1.82) is 0 Å². The molecule has 0 bridgehead atoms. The molecule has 0 aliphatic rings. The van der Waals surface area contributed by atoms with Gasteiger partial charge in [-0.2, -0.15) is 0 Å². The second-order valence-electron chi connectivity index (χ2n) is 9.87. The van der Waals surface area contributed by atoms with Crippen molar-refractivity contribution in [3.05, 3.63) is 58.5 Å². The van der Waals surface area contributed by atoms with E-state index in [2.05, 4.69) is 35.6 Å². The number of benzene rings is 2. The second kappa shape index (κ2) is 9.82. The largest absolute Gasteiger partial charge is 0.347 e. The van der Waals surface area contributed by atoms with Gasteiger partial charge >= 0.3 is 5.69 Å². The van der Waals surface area contributed by atoms with Crippen LogP contribution in [0.3, 0.4) is 0 Å². The maximum Gasteiger partial charge on any atom is 0.347 e. The summed E-state index contributed by atoms with van der Waals surface area (Å²) in [4.78, 5) is 33.5. The maximum absolute atomic E-state index is 13.0. The van der Waals surface area contributed by atoms with E-state index in [1.54, 1.807) is 16.3 Å². The lowest BCUT2D eigenvalue weighted by Crippen LogP contribution is -2.29. The van der Waals surface area contributed by atoms with Crippen LogP contribution >= 0.6 is 0 Å². The molecule has 8 heteroatoms. The van der Waals surface area contributed by atoms with Crippen LogP contribution in [-0.2, 0) is 11.3 Å². The summed E-state index contributed by atoms with van der Waals surface area (Å²) in [6.07, 6.45) is 0.416. The Bertz CT molecular complexity index is 1420. The quantitative estimate of drug-likeness (QED) is 0.335. The number of aromatic nitrogens is 4. The van der Waals surface area contributed by atoms with Gasteiger partial charge in [-0.3, -0.25) is 14.7 Å². The van der Waals surface area contributed by atoms with E-state index in [0.717, 1.165) is 39.1 Å². The highest BCUT2D eigenvalue weighted by Gasteiger charge is 2.19. The van der Waals surface area contributed by atoms with E-state index in [4.69, 9.17) is 4.98 Å². The third-order valence-corrected chi connectivity index (χ3v) is 5.84. The molecule has 0 aliphatic carbocycles. The zero-order valence-corrected chi connectivity index (χ0v) is 21.3. The first-order chi connectivity index (χ1) is 16.7. The minimum absolute atomic E-state index is 0.0821. The summed E-state index contributed by atoms with van der Waals surface area (Å²) >= 11 is 0. The minimum Gasteiger partial charge on any atom is -0.324 e. The molecular weight excluding hydrogens is 440 g/mol. The SMILES string of the molecule is CNn1c(=O)n(CC(C)C)c2ccc(-c3[nH]c(NC(=O)CC(C)C)nc3-c3cccc(C)c3)cc21. The lowest BCUT2D eigenvalue weighted by Gasteiger charge is -2.07. The van der Waals surface area contributed by atoms with Crippen molar-refractivity contribution in [2.24, 2.45) is 11.8 Å². The number of nitrogens with one attached hydrogen (secondary N) is 3.